The second-order valence-electron chi connectivity index (χ2n) is 9.53. The summed E-state index contributed by atoms with van der Waals surface area (Å²) in [6, 6.07) is -1.16. The van der Waals surface area contributed by atoms with Crippen molar-refractivity contribution >= 4 is 29.5 Å². The predicted octanol–water partition coefficient (Wildman–Crippen LogP) is 1.67. The van der Waals surface area contributed by atoms with Crippen molar-refractivity contribution in [1.29, 1.82) is 0 Å². The van der Waals surface area contributed by atoms with Crippen LogP contribution in [0, 0.1) is 11.8 Å². The maximum atomic E-state index is 14.0. The second-order valence-corrected chi connectivity index (χ2v) is 11.0. The van der Waals surface area contributed by atoms with Crippen molar-refractivity contribution in [1.82, 2.24) is 14.7 Å². The predicted molar refractivity (Wildman–Crippen MR) is 125 cm³/mol. The minimum atomic E-state index is -0.801. The second kappa shape index (κ2) is 8.86. The average Bonchev–Trinajstić information content (AvgIpc) is 3.07. The summed E-state index contributed by atoms with van der Waals surface area (Å²) in [5.41, 5.74) is 0. The van der Waals surface area contributed by atoms with Gasteiger partial charge in [0.2, 0.25) is 17.7 Å². The third kappa shape index (κ3) is 3.33. The highest BCUT2D eigenvalue weighted by Gasteiger charge is 2.71. The summed E-state index contributed by atoms with van der Waals surface area (Å²) in [5.74, 6) is -1.35. The summed E-state index contributed by atoms with van der Waals surface area (Å²) in [7, 11) is 0. The SMILES string of the molecule is CCCN1CC=C[C@@H]2S[C@]34C=CCN(C(C)C)C(=O)C3N([C@@H](CC)CO)C(=O)[C@@H]4[C@@H]2C1=O. The number of likely N-dealkylation sites (tertiary alicyclic amines) is 1. The van der Waals surface area contributed by atoms with E-state index in [1.807, 2.05) is 50.8 Å². The van der Waals surface area contributed by atoms with E-state index >= 15 is 0 Å². The Kier molecular flexibility index (Phi) is 6.47. The Balaban J connectivity index is 1.85. The molecule has 8 heteroatoms. The standard InChI is InChI=1S/C24H35N3O4S/c1-5-11-25-12-7-9-17-18(21(25)29)19-22(30)27(16(6-2)14-28)20-23(31)26(15(3)4)13-8-10-24(19,20)32-17/h7-10,15-20,28H,5-6,11-14H2,1-4H3/t16-,17-,18+,19-,20?,24-/m0/s1. The summed E-state index contributed by atoms with van der Waals surface area (Å²) in [5, 5.41) is 9.96. The molecule has 0 aromatic heterocycles. The number of carbonyl (C=O) groups is 3. The Bertz CT molecular complexity index is 839. The number of nitrogens with zero attached hydrogens (tertiary/aromatic N) is 3. The number of aliphatic hydroxyl groups is 1. The van der Waals surface area contributed by atoms with Gasteiger partial charge >= 0.3 is 0 Å². The molecule has 2 fully saturated rings. The number of rotatable bonds is 6. The topological polar surface area (TPSA) is 81.2 Å². The monoisotopic (exact) mass is 461 g/mol. The van der Waals surface area contributed by atoms with E-state index < -0.39 is 28.7 Å². The highest BCUT2D eigenvalue weighted by molar-refractivity contribution is 8.02. The summed E-state index contributed by atoms with van der Waals surface area (Å²) in [6.07, 6.45) is 9.54. The Morgan fingerprint density at radius 1 is 1.12 bits per heavy atom. The Morgan fingerprint density at radius 3 is 2.50 bits per heavy atom. The number of aliphatic hydroxyl groups excluding tert-OH is 1. The van der Waals surface area contributed by atoms with Gasteiger partial charge in [-0.05, 0) is 26.7 Å². The lowest BCUT2D eigenvalue weighted by molar-refractivity contribution is -0.147. The van der Waals surface area contributed by atoms with Crippen molar-refractivity contribution in [2.24, 2.45) is 11.8 Å². The summed E-state index contributed by atoms with van der Waals surface area (Å²) in [4.78, 5) is 46.9. The summed E-state index contributed by atoms with van der Waals surface area (Å²) in [6.45, 7) is 9.43. The fraction of sp³-hybridized carbons (Fsp3) is 0.708. The smallest absolute Gasteiger partial charge is 0.247 e. The van der Waals surface area contributed by atoms with Crippen LogP contribution in [0.15, 0.2) is 24.3 Å². The molecule has 1 N–H and O–H groups in total. The van der Waals surface area contributed by atoms with Crippen LogP contribution in [0.3, 0.4) is 0 Å². The Morgan fingerprint density at radius 2 is 1.88 bits per heavy atom. The number of fused-ring (bicyclic) bond motifs is 2. The van der Waals surface area contributed by atoms with E-state index in [0.29, 0.717) is 26.1 Å². The van der Waals surface area contributed by atoms with Gasteiger partial charge in [0.05, 0.1) is 29.2 Å². The maximum Gasteiger partial charge on any atom is 0.247 e. The molecule has 4 rings (SSSR count). The van der Waals surface area contributed by atoms with Crippen LogP contribution in [0.5, 0.6) is 0 Å². The lowest BCUT2D eigenvalue weighted by Gasteiger charge is -2.39. The molecule has 0 bridgehead atoms. The number of thioether (sulfide) groups is 1. The molecular formula is C24H35N3O4S. The number of carbonyl (C=O) groups excluding carboxylic acids is 3. The summed E-state index contributed by atoms with van der Waals surface area (Å²) >= 11 is 1.60. The zero-order valence-electron chi connectivity index (χ0n) is 19.4. The van der Waals surface area contributed by atoms with Gasteiger partial charge in [-0.3, -0.25) is 14.4 Å². The molecular weight excluding hydrogens is 426 g/mol. The van der Waals surface area contributed by atoms with E-state index in [0.717, 1.165) is 6.42 Å². The molecule has 4 heterocycles. The van der Waals surface area contributed by atoms with Crippen molar-refractivity contribution in [2.75, 3.05) is 26.2 Å². The molecule has 4 aliphatic heterocycles. The first-order chi connectivity index (χ1) is 15.3. The van der Waals surface area contributed by atoms with Crippen LogP contribution in [0.2, 0.25) is 0 Å². The minimum Gasteiger partial charge on any atom is -0.394 e. The van der Waals surface area contributed by atoms with E-state index in [1.165, 1.54) is 0 Å². The third-order valence-electron chi connectivity index (χ3n) is 7.40. The number of amides is 3. The molecule has 3 amide bonds. The van der Waals surface area contributed by atoms with Gasteiger partial charge in [0.25, 0.3) is 0 Å². The van der Waals surface area contributed by atoms with Crippen LogP contribution < -0.4 is 0 Å². The normalized spacial score (nSPS) is 35.2. The zero-order chi connectivity index (χ0) is 23.2. The van der Waals surface area contributed by atoms with Gasteiger partial charge in [-0.25, -0.2) is 0 Å². The van der Waals surface area contributed by atoms with Crippen LogP contribution in [0.4, 0.5) is 0 Å². The van der Waals surface area contributed by atoms with Crippen LogP contribution in [-0.2, 0) is 14.4 Å². The maximum absolute atomic E-state index is 14.0. The fourth-order valence-corrected chi connectivity index (χ4v) is 7.88. The van der Waals surface area contributed by atoms with Gasteiger partial charge in [0.1, 0.15) is 6.04 Å². The van der Waals surface area contributed by atoms with Crippen LogP contribution >= 0.6 is 11.8 Å². The van der Waals surface area contributed by atoms with Crippen molar-refractivity contribution in [2.45, 2.75) is 68.7 Å². The number of hydrogen-bond donors (Lipinski definition) is 1. The molecule has 0 aromatic rings. The van der Waals surface area contributed by atoms with Crippen LogP contribution in [0.1, 0.15) is 40.5 Å². The van der Waals surface area contributed by atoms with Gasteiger partial charge in [-0.2, -0.15) is 0 Å². The first kappa shape index (κ1) is 23.4. The molecule has 0 saturated carbocycles. The molecule has 7 nitrogen and oxygen atoms in total. The molecule has 0 radical (unpaired) electrons. The first-order valence-corrected chi connectivity index (χ1v) is 12.7. The lowest BCUT2D eigenvalue weighted by atomic mass is 9.78. The first-order valence-electron chi connectivity index (χ1n) is 11.9. The van der Waals surface area contributed by atoms with Crippen molar-refractivity contribution in [3.05, 3.63) is 24.3 Å². The van der Waals surface area contributed by atoms with Gasteiger partial charge in [0, 0.05) is 30.9 Å². The molecule has 0 aliphatic carbocycles. The van der Waals surface area contributed by atoms with E-state index in [2.05, 4.69) is 6.08 Å². The lowest BCUT2D eigenvalue weighted by Crippen LogP contribution is -2.57. The average molecular weight is 462 g/mol. The van der Waals surface area contributed by atoms with E-state index in [4.69, 9.17) is 0 Å². The molecule has 2 saturated heterocycles. The van der Waals surface area contributed by atoms with Gasteiger partial charge in [-0.15, -0.1) is 11.8 Å². The van der Waals surface area contributed by atoms with Crippen LogP contribution in [0.25, 0.3) is 0 Å². The van der Waals surface area contributed by atoms with Crippen LogP contribution in [-0.4, -0.2) is 91.9 Å². The fourth-order valence-electron chi connectivity index (χ4n) is 5.89. The molecule has 176 valence electrons. The van der Waals surface area contributed by atoms with E-state index in [9.17, 15) is 19.5 Å². The quantitative estimate of drug-likeness (QED) is 0.609. The Hall–Kier alpha value is -1.80. The van der Waals surface area contributed by atoms with Crippen molar-refractivity contribution in [3.8, 4) is 0 Å². The van der Waals surface area contributed by atoms with Crippen molar-refractivity contribution < 1.29 is 19.5 Å². The largest absolute Gasteiger partial charge is 0.394 e. The van der Waals surface area contributed by atoms with E-state index in [-0.39, 0.29) is 35.6 Å². The minimum absolute atomic E-state index is 0.00744. The highest BCUT2D eigenvalue weighted by Crippen LogP contribution is 2.61. The molecule has 1 unspecified atom stereocenters. The molecule has 0 aromatic carbocycles. The zero-order valence-corrected chi connectivity index (χ0v) is 20.3. The van der Waals surface area contributed by atoms with E-state index in [1.54, 1.807) is 21.6 Å². The van der Waals surface area contributed by atoms with Gasteiger partial charge < -0.3 is 19.8 Å². The number of hydrogen-bond acceptors (Lipinski definition) is 5. The van der Waals surface area contributed by atoms with Gasteiger partial charge in [0.15, 0.2) is 0 Å². The Labute approximate surface area is 194 Å². The molecule has 32 heavy (non-hydrogen) atoms. The van der Waals surface area contributed by atoms with Gasteiger partial charge in [-0.1, -0.05) is 38.2 Å². The molecule has 1 spiro atoms. The summed E-state index contributed by atoms with van der Waals surface area (Å²) < 4.78 is -0.801. The third-order valence-corrected chi connectivity index (χ3v) is 9.15. The molecule has 4 aliphatic rings. The molecule has 6 atom stereocenters. The van der Waals surface area contributed by atoms with Crippen molar-refractivity contribution in [3.63, 3.8) is 0 Å². The highest BCUT2D eigenvalue weighted by atomic mass is 32.2.